The second kappa shape index (κ2) is 6.57. The Morgan fingerprint density at radius 3 is 2.75 bits per heavy atom. The maximum Gasteiger partial charge on any atom is 0.211 e. The SMILES string of the molecule is C=C1c2cc(CN3CCN(S(C)(=O)=O)C[C@H]3C)sc2C(Br)=CN1C. The van der Waals surface area contributed by atoms with Crippen molar-refractivity contribution in [3.63, 3.8) is 0 Å². The van der Waals surface area contributed by atoms with Crippen LogP contribution in [0.25, 0.3) is 10.2 Å². The van der Waals surface area contributed by atoms with E-state index in [0.29, 0.717) is 13.1 Å². The Hall–Kier alpha value is -0.670. The van der Waals surface area contributed by atoms with Gasteiger partial charge < -0.3 is 4.90 Å². The summed E-state index contributed by atoms with van der Waals surface area (Å²) in [5.41, 5.74) is 2.18. The van der Waals surface area contributed by atoms with E-state index in [-0.39, 0.29) is 6.04 Å². The lowest BCUT2D eigenvalue weighted by Gasteiger charge is -2.38. The van der Waals surface area contributed by atoms with Crippen molar-refractivity contribution < 1.29 is 8.42 Å². The van der Waals surface area contributed by atoms with Crippen molar-refractivity contribution in [3.05, 3.63) is 34.2 Å². The molecule has 1 fully saturated rings. The van der Waals surface area contributed by atoms with Crippen LogP contribution in [0.15, 0.2) is 18.8 Å². The standard InChI is InChI=1S/C16H22BrN3O2S2/c1-11-8-20(24(4,21)22)6-5-19(11)9-13-7-14-12(2)18(3)10-15(17)16(14)23-13/h7,10-11H,2,5-6,8-9H2,1,3-4H3/t11-/m1/s1. The first kappa shape index (κ1) is 18.1. The molecule has 2 aliphatic heterocycles. The van der Waals surface area contributed by atoms with E-state index in [1.165, 1.54) is 21.6 Å². The minimum Gasteiger partial charge on any atom is -0.350 e. The highest BCUT2D eigenvalue weighted by atomic mass is 79.9. The number of rotatable bonds is 3. The Morgan fingerprint density at radius 2 is 2.12 bits per heavy atom. The van der Waals surface area contributed by atoms with Crippen molar-refractivity contribution in [1.29, 1.82) is 0 Å². The van der Waals surface area contributed by atoms with Crippen LogP contribution in [0.5, 0.6) is 0 Å². The summed E-state index contributed by atoms with van der Waals surface area (Å²) in [6.07, 6.45) is 3.33. The molecule has 1 saturated heterocycles. The summed E-state index contributed by atoms with van der Waals surface area (Å²) in [6, 6.07) is 2.42. The van der Waals surface area contributed by atoms with Gasteiger partial charge in [0.25, 0.3) is 0 Å². The minimum absolute atomic E-state index is 0.206. The highest BCUT2D eigenvalue weighted by Gasteiger charge is 2.29. The van der Waals surface area contributed by atoms with Gasteiger partial charge in [-0.1, -0.05) is 6.58 Å². The Balaban J connectivity index is 1.75. The smallest absolute Gasteiger partial charge is 0.211 e. The van der Waals surface area contributed by atoms with E-state index in [1.54, 1.807) is 15.6 Å². The van der Waals surface area contributed by atoms with Gasteiger partial charge in [-0.15, -0.1) is 11.3 Å². The quantitative estimate of drug-likeness (QED) is 0.737. The van der Waals surface area contributed by atoms with Crippen molar-refractivity contribution in [2.75, 3.05) is 32.9 Å². The molecule has 5 nitrogen and oxygen atoms in total. The van der Waals surface area contributed by atoms with Gasteiger partial charge in [-0.2, -0.15) is 4.31 Å². The summed E-state index contributed by atoms with van der Waals surface area (Å²) in [4.78, 5) is 6.87. The van der Waals surface area contributed by atoms with Crippen LogP contribution in [0.3, 0.4) is 0 Å². The number of halogens is 1. The van der Waals surface area contributed by atoms with Gasteiger partial charge in [-0.3, -0.25) is 4.90 Å². The third-order valence-corrected chi connectivity index (χ3v) is 7.89. The van der Waals surface area contributed by atoms with Crippen LogP contribution < -0.4 is 0 Å². The largest absolute Gasteiger partial charge is 0.350 e. The normalized spacial score (nSPS) is 23.3. The average molecular weight is 432 g/mol. The third-order valence-electron chi connectivity index (χ3n) is 4.60. The first-order chi connectivity index (χ1) is 11.2. The van der Waals surface area contributed by atoms with Crippen molar-refractivity contribution in [2.24, 2.45) is 0 Å². The molecule has 3 heterocycles. The van der Waals surface area contributed by atoms with Crippen molar-refractivity contribution >= 4 is 47.5 Å². The topological polar surface area (TPSA) is 43.9 Å². The molecule has 0 radical (unpaired) electrons. The lowest BCUT2D eigenvalue weighted by atomic mass is 10.1. The second-order valence-corrected chi connectivity index (χ2v) is 10.4. The first-order valence-electron chi connectivity index (χ1n) is 7.78. The van der Waals surface area contributed by atoms with Crippen LogP contribution in [0.4, 0.5) is 0 Å². The highest BCUT2D eigenvalue weighted by molar-refractivity contribution is 9.15. The zero-order chi connectivity index (χ0) is 17.6. The fourth-order valence-electron chi connectivity index (χ4n) is 3.11. The Kier molecular flexibility index (Phi) is 4.96. The molecule has 132 valence electrons. The number of thiophene rings is 1. The van der Waals surface area contributed by atoms with E-state index in [9.17, 15) is 8.42 Å². The molecule has 0 amide bonds. The lowest BCUT2D eigenvalue weighted by Crippen LogP contribution is -2.52. The van der Waals surface area contributed by atoms with E-state index in [1.807, 2.05) is 18.1 Å². The molecule has 1 aromatic rings. The van der Waals surface area contributed by atoms with Gasteiger partial charge in [-0.25, -0.2) is 8.42 Å². The molecule has 0 bridgehead atoms. The maximum atomic E-state index is 11.7. The molecule has 2 aliphatic rings. The number of nitrogens with zero attached hydrogens (tertiary/aromatic N) is 3. The van der Waals surface area contributed by atoms with Gasteiger partial charge in [0.2, 0.25) is 10.0 Å². The van der Waals surface area contributed by atoms with Gasteiger partial charge >= 0.3 is 0 Å². The van der Waals surface area contributed by atoms with E-state index in [0.717, 1.165) is 23.3 Å². The Bertz CT molecular complexity index is 800. The van der Waals surface area contributed by atoms with E-state index < -0.39 is 10.0 Å². The molecule has 3 rings (SSSR count). The maximum absolute atomic E-state index is 11.7. The fraction of sp³-hybridized carbons (Fsp3) is 0.500. The van der Waals surface area contributed by atoms with Gasteiger partial charge in [0.15, 0.2) is 0 Å². The van der Waals surface area contributed by atoms with E-state index >= 15 is 0 Å². The number of hydrogen-bond acceptors (Lipinski definition) is 5. The molecular weight excluding hydrogens is 410 g/mol. The van der Waals surface area contributed by atoms with Gasteiger partial charge in [0, 0.05) is 61.6 Å². The predicted octanol–water partition coefficient (Wildman–Crippen LogP) is 2.82. The zero-order valence-corrected chi connectivity index (χ0v) is 17.3. The number of fused-ring (bicyclic) bond motifs is 1. The van der Waals surface area contributed by atoms with Crippen LogP contribution >= 0.6 is 27.3 Å². The Morgan fingerprint density at radius 1 is 1.42 bits per heavy atom. The van der Waals surface area contributed by atoms with Crippen LogP contribution in [-0.2, 0) is 16.6 Å². The molecule has 0 aromatic carbocycles. The molecule has 0 saturated carbocycles. The molecule has 0 unspecified atom stereocenters. The molecule has 1 atom stereocenters. The Labute approximate surface area is 156 Å². The molecule has 1 aromatic heterocycles. The van der Waals surface area contributed by atoms with Crippen LogP contribution in [0.1, 0.15) is 22.2 Å². The predicted molar refractivity (Wildman–Crippen MR) is 104 cm³/mol. The molecule has 24 heavy (non-hydrogen) atoms. The molecule has 0 spiro atoms. The average Bonchev–Trinajstić information content (AvgIpc) is 2.90. The lowest BCUT2D eigenvalue weighted by molar-refractivity contribution is 0.123. The van der Waals surface area contributed by atoms with Crippen molar-refractivity contribution in [3.8, 4) is 0 Å². The number of hydrogen-bond donors (Lipinski definition) is 0. The monoisotopic (exact) mass is 431 g/mol. The van der Waals surface area contributed by atoms with E-state index in [2.05, 4.69) is 40.4 Å². The summed E-state index contributed by atoms with van der Waals surface area (Å²) in [5.74, 6) is 0. The van der Waals surface area contributed by atoms with Crippen LogP contribution in [0, 0.1) is 0 Å². The fourth-order valence-corrected chi connectivity index (χ4v) is 5.88. The zero-order valence-electron chi connectivity index (χ0n) is 14.1. The summed E-state index contributed by atoms with van der Waals surface area (Å²) >= 11 is 5.41. The summed E-state index contributed by atoms with van der Waals surface area (Å²) in [5, 5.41) is 0. The van der Waals surface area contributed by atoms with Gasteiger partial charge in [0.1, 0.15) is 0 Å². The van der Waals surface area contributed by atoms with Gasteiger partial charge in [-0.05, 0) is 28.9 Å². The third kappa shape index (κ3) is 3.48. The van der Waals surface area contributed by atoms with Crippen molar-refractivity contribution in [1.82, 2.24) is 14.1 Å². The summed E-state index contributed by atoms with van der Waals surface area (Å²) in [7, 11) is -1.10. The molecule has 0 N–H and O–H groups in total. The van der Waals surface area contributed by atoms with E-state index in [4.69, 9.17) is 0 Å². The second-order valence-electron chi connectivity index (χ2n) is 6.43. The van der Waals surface area contributed by atoms with Crippen LogP contribution in [0.2, 0.25) is 0 Å². The molecule has 0 aliphatic carbocycles. The summed E-state index contributed by atoms with van der Waals surface area (Å²) < 4.78 is 26.1. The van der Waals surface area contributed by atoms with Crippen molar-refractivity contribution in [2.45, 2.75) is 19.5 Å². The summed E-state index contributed by atoms with van der Waals surface area (Å²) in [6.45, 7) is 8.97. The minimum atomic E-state index is -3.10. The van der Waals surface area contributed by atoms with Gasteiger partial charge in [0.05, 0.1) is 15.6 Å². The number of piperazine rings is 1. The van der Waals surface area contributed by atoms with Crippen LogP contribution in [-0.4, -0.2) is 61.5 Å². The molecule has 8 heteroatoms. The number of sulfonamides is 1. The first-order valence-corrected chi connectivity index (χ1v) is 11.2. The molecular formula is C16H22BrN3O2S2. The highest BCUT2D eigenvalue weighted by Crippen LogP contribution is 2.41.